The smallest absolute Gasteiger partial charge is 0.338 e. The van der Waals surface area contributed by atoms with E-state index in [-0.39, 0.29) is 30.0 Å². The molecule has 0 saturated carbocycles. The number of nitro benzene ring substituents is 1. The van der Waals surface area contributed by atoms with Crippen molar-refractivity contribution in [3.05, 3.63) is 99.7 Å². The molecule has 4 rings (SSSR count). The van der Waals surface area contributed by atoms with Crippen LogP contribution in [0.2, 0.25) is 5.02 Å². The first-order valence-corrected chi connectivity index (χ1v) is 13.9. The average Bonchev–Trinajstić information content (AvgIpc) is 3.23. The molecule has 2 heterocycles. The summed E-state index contributed by atoms with van der Waals surface area (Å²) in [5.41, 5.74) is 2.17. The van der Waals surface area contributed by atoms with Crippen molar-refractivity contribution < 1.29 is 19.2 Å². The second kappa shape index (κ2) is 12.6. The number of nitrogens with zero attached hydrogens (tertiary/aromatic N) is 4. The number of hydrogen-bond donors (Lipinski definition) is 0. The van der Waals surface area contributed by atoms with Gasteiger partial charge in [-0.3, -0.25) is 19.5 Å². The summed E-state index contributed by atoms with van der Waals surface area (Å²) in [7, 11) is 1.51. The number of aromatic nitrogens is 1. The van der Waals surface area contributed by atoms with E-state index in [9.17, 15) is 19.7 Å². The van der Waals surface area contributed by atoms with Gasteiger partial charge >= 0.3 is 5.97 Å². The molecule has 1 aromatic heterocycles. The molecule has 3 aromatic rings. The zero-order valence-corrected chi connectivity index (χ0v) is 24.1. The van der Waals surface area contributed by atoms with Crippen LogP contribution in [-0.4, -0.2) is 48.9 Å². The van der Waals surface area contributed by atoms with E-state index in [0.29, 0.717) is 44.3 Å². The Morgan fingerprint density at radius 1 is 1.20 bits per heavy atom. The summed E-state index contributed by atoms with van der Waals surface area (Å²) in [6.45, 7) is 7.31. The molecule has 1 unspecified atom stereocenters. The molecule has 0 saturated heterocycles. The molecule has 0 aliphatic carbocycles. The quantitative estimate of drug-likeness (QED) is 0.154. The first-order chi connectivity index (χ1) is 19.2. The van der Waals surface area contributed by atoms with E-state index in [1.165, 1.54) is 23.8 Å². The monoisotopic (exact) mass is 584 g/mol. The number of thiazole rings is 1. The van der Waals surface area contributed by atoms with Crippen LogP contribution in [0.3, 0.4) is 0 Å². The lowest BCUT2D eigenvalue weighted by molar-refractivity contribution is -0.384. The maximum absolute atomic E-state index is 14.0. The van der Waals surface area contributed by atoms with Crippen LogP contribution in [0.25, 0.3) is 6.08 Å². The lowest BCUT2D eigenvalue weighted by Crippen LogP contribution is -2.40. The van der Waals surface area contributed by atoms with E-state index < -0.39 is 16.9 Å². The molecular weight excluding hydrogens is 556 g/mol. The number of rotatable bonds is 10. The molecule has 0 bridgehead atoms. The average molecular weight is 585 g/mol. The molecule has 2 aromatic carbocycles. The van der Waals surface area contributed by atoms with Gasteiger partial charge in [-0.25, -0.2) is 9.79 Å². The summed E-state index contributed by atoms with van der Waals surface area (Å²) in [6.07, 6.45) is 1.65. The summed E-state index contributed by atoms with van der Waals surface area (Å²) < 4.78 is 12.2. The number of benzene rings is 2. The number of carbonyl (C=O) groups is 1. The Morgan fingerprint density at radius 3 is 2.52 bits per heavy atom. The molecule has 1 atom stereocenters. The van der Waals surface area contributed by atoms with Crippen molar-refractivity contribution in [3.8, 4) is 0 Å². The first-order valence-electron chi connectivity index (χ1n) is 12.7. The van der Waals surface area contributed by atoms with Crippen molar-refractivity contribution in [3.63, 3.8) is 0 Å². The molecular formula is C28H29ClN4O6S. The minimum atomic E-state index is -0.807. The summed E-state index contributed by atoms with van der Waals surface area (Å²) >= 11 is 7.28. The van der Waals surface area contributed by atoms with Crippen LogP contribution in [-0.2, 0) is 14.3 Å². The number of fused-ring (bicyclic) bond motifs is 1. The molecule has 0 fully saturated rings. The van der Waals surface area contributed by atoms with Gasteiger partial charge in [-0.15, -0.1) is 0 Å². The van der Waals surface area contributed by atoms with Crippen molar-refractivity contribution in [2.75, 3.05) is 38.3 Å². The van der Waals surface area contributed by atoms with Gasteiger partial charge < -0.3 is 14.4 Å². The lowest BCUT2D eigenvalue weighted by Gasteiger charge is -2.24. The largest absolute Gasteiger partial charge is 0.460 e. The SMILES string of the molecule is CCN(CC)c1ccc([N+](=O)[O-])cc1C=c1sc2n(c1=O)C(c1ccc(Cl)cc1)C(C(=O)OCCOC)=C(C)N=2. The van der Waals surface area contributed by atoms with Crippen molar-refractivity contribution in [2.45, 2.75) is 26.8 Å². The molecule has 10 nitrogen and oxygen atoms in total. The van der Waals surface area contributed by atoms with Gasteiger partial charge in [0, 0.05) is 48.6 Å². The molecule has 1 aliphatic rings. The third-order valence-electron chi connectivity index (χ3n) is 6.56. The lowest BCUT2D eigenvalue weighted by atomic mass is 9.96. The van der Waals surface area contributed by atoms with Crippen LogP contribution in [0, 0.1) is 10.1 Å². The van der Waals surface area contributed by atoms with Gasteiger partial charge in [0.15, 0.2) is 4.80 Å². The number of anilines is 1. The highest BCUT2D eigenvalue weighted by atomic mass is 35.5. The van der Waals surface area contributed by atoms with Crippen LogP contribution in [0.1, 0.15) is 37.9 Å². The Kier molecular flexibility index (Phi) is 9.18. The van der Waals surface area contributed by atoms with E-state index in [1.807, 2.05) is 13.8 Å². The Hall–Kier alpha value is -3.80. The molecule has 40 heavy (non-hydrogen) atoms. The number of hydrogen-bond acceptors (Lipinski definition) is 9. The normalized spacial score (nSPS) is 15.0. The Balaban J connectivity index is 1.94. The van der Waals surface area contributed by atoms with E-state index in [1.54, 1.807) is 43.3 Å². The molecule has 0 amide bonds. The number of carbonyl (C=O) groups excluding carboxylic acids is 1. The predicted molar refractivity (Wildman–Crippen MR) is 155 cm³/mol. The maximum Gasteiger partial charge on any atom is 0.338 e. The summed E-state index contributed by atoms with van der Waals surface area (Å²) in [6, 6.07) is 10.7. The number of ether oxygens (including phenoxy) is 2. The zero-order chi connectivity index (χ0) is 29.0. The minimum absolute atomic E-state index is 0.0464. The topological polar surface area (TPSA) is 116 Å². The predicted octanol–water partition coefficient (Wildman–Crippen LogP) is 3.83. The number of non-ortho nitro benzene ring substituents is 1. The molecule has 210 valence electrons. The van der Waals surface area contributed by atoms with Crippen molar-refractivity contribution in [1.29, 1.82) is 0 Å². The van der Waals surface area contributed by atoms with Gasteiger partial charge in [-0.05, 0) is 50.6 Å². The summed E-state index contributed by atoms with van der Waals surface area (Å²) in [5.74, 6) is -0.602. The number of allylic oxidation sites excluding steroid dienone is 1. The highest BCUT2D eigenvalue weighted by Gasteiger charge is 2.33. The number of esters is 1. The van der Waals surface area contributed by atoms with Crippen molar-refractivity contribution in [2.24, 2.45) is 4.99 Å². The number of methoxy groups -OCH3 is 1. The molecule has 0 radical (unpaired) electrons. The Morgan fingerprint density at radius 2 is 1.90 bits per heavy atom. The fraction of sp³-hybridized carbons (Fsp3) is 0.321. The Labute approximate surface area is 239 Å². The Bertz CT molecular complexity index is 1640. The molecule has 0 N–H and O–H groups in total. The van der Waals surface area contributed by atoms with Gasteiger partial charge in [0.1, 0.15) is 6.61 Å². The first kappa shape index (κ1) is 29.2. The van der Waals surface area contributed by atoms with Gasteiger partial charge in [-0.1, -0.05) is 35.1 Å². The van der Waals surface area contributed by atoms with Gasteiger partial charge in [-0.2, -0.15) is 0 Å². The molecule has 1 aliphatic heterocycles. The minimum Gasteiger partial charge on any atom is -0.460 e. The standard InChI is InChI=1S/C28H29ClN4O6S/c1-5-31(6-2)22-12-11-21(33(36)37)15-19(22)16-23-26(34)32-25(18-7-9-20(29)10-8-18)24(17(3)30-28(32)40-23)27(35)39-14-13-38-4/h7-12,15-16,25H,5-6,13-14H2,1-4H3. The van der Waals surface area contributed by atoms with E-state index in [0.717, 1.165) is 17.0 Å². The van der Waals surface area contributed by atoms with Gasteiger partial charge in [0.2, 0.25) is 0 Å². The fourth-order valence-corrected chi connectivity index (χ4v) is 5.77. The maximum atomic E-state index is 14.0. The summed E-state index contributed by atoms with van der Waals surface area (Å²) in [5, 5.41) is 12.0. The zero-order valence-electron chi connectivity index (χ0n) is 22.5. The molecule has 0 spiro atoms. The highest BCUT2D eigenvalue weighted by molar-refractivity contribution is 7.07. The van der Waals surface area contributed by atoms with E-state index in [4.69, 9.17) is 21.1 Å². The van der Waals surface area contributed by atoms with Gasteiger partial charge in [0.05, 0.1) is 33.4 Å². The van der Waals surface area contributed by atoms with Crippen molar-refractivity contribution in [1.82, 2.24) is 4.57 Å². The second-order valence-electron chi connectivity index (χ2n) is 8.93. The van der Waals surface area contributed by atoms with Crippen LogP contribution in [0.5, 0.6) is 0 Å². The van der Waals surface area contributed by atoms with E-state index in [2.05, 4.69) is 9.89 Å². The van der Waals surface area contributed by atoms with Crippen LogP contribution in [0.4, 0.5) is 11.4 Å². The second-order valence-corrected chi connectivity index (χ2v) is 10.4. The van der Waals surface area contributed by atoms with Gasteiger partial charge in [0.25, 0.3) is 11.2 Å². The fourth-order valence-electron chi connectivity index (χ4n) is 4.60. The van der Waals surface area contributed by atoms with Crippen molar-refractivity contribution >= 4 is 46.4 Å². The summed E-state index contributed by atoms with van der Waals surface area (Å²) in [4.78, 5) is 45.3. The van der Waals surface area contributed by atoms with E-state index >= 15 is 0 Å². The third kappa shape index (κ3) is 5.86. The molecule has 12 heteroatoms. The number of nitro groups is 1. The number of halogens is 1. The van der Waals surface area contributed by atoms with Crippen LogP contribution >= 0.6 is 22.9 Å². The third-order valence-corrected chi connectivity index (χ3v) is 7.80. The van der Waals surface area contributed by atoms with Crippen LogP contribution in [0.15, 0.2) is 63.5 Å². The highest BCUT2D eigenvalue weighted by Crippen LogP contribution is 2.31. The van der Waals surface area contributed by atoms with Crippen LogP contribution < -0.4 is 19.8 Å².